The fraction of sp³-hybridized carbons (Fsp3) is 0.444. The van der Waals surface area contributed by atoms with Gasteiger partial charge in [-0.15, -0.1) is 9.24 Å². The monoisotopic (exact) mass is 296 g/mol. The summed E-state index contributed by atoms with van der Waals surface area (Å²) in [5.74, 6) is 0. The van der Waals surface area contributed by atoms with Crippen molar-refractivity contribution in [2.24, 2.45) is 0 Å². The first-order valence-electron chi connectivity index (χ1n) is 7.28. The first-order valence-corrected chi connectivity index (χ1v) is 8.44. The Bertz CT molecular complexity index is 313. The molecule has 0 aromatic heterocycles. The predicted molar refractivity (Wildman–Crippen MR) is 98.2 cm³/mol. The lowest BCUT2D eigenvalue weighted by atomic mass is 10.2. The Morgan fingerprint density at radius 1 is 1.10 bits per heavy atom. The van der Waals surface area contributed by atoms with Crippen LogP contribution in [0.5, 0.6) is 0 Å². The van der Waals surface area contributed by atoms with Crippen LogP contribution in [0, 0.1) is 0 Å². The zero-order valence-electron chi connectivity index (χ0n) is 14.1. The Kier molecular flexibility index (Phi) is 28.0. The van der Waals surface area contributed by atoms with E-state index in [9.17, 15) is 0 Å². The molecule has 0 saturated carbocycles. The van der Waals surface area contributed by atoms with E-state index in [4.69, 9.17) is 5.11 Å². The smallest absolute Gasteiger partial charge is 0.0681 e. The molecule has 1 aromatic rings. The van der Waals surface area contributed by atoms with Gasteiger partial charge in [0.2, 0.25) is 0 Å². The normalized spacial score (nSPS) is 9.50. The number of benzene rings is 1. The van der Waals surface area contributed by atoms with Gasteiger partial charge in [0.25, 0.3) is 0 Å². The Labute approximate surface area is 129 Å². The summed E-state index contributed by atoms with van der Waals surface area (Å²) < 4.78 is 0. The first kappa shape index (κ1) is 24.1. The van der Waals surface area contributed by atoms with Crippen LogP contribution >= 0.6 is 9.24 Å². The minimum absolute atomic E-state index is 0.140. The fourth-order valence-corrected chi connectivity index (χ4v) is 1.22. The lowest BCUT2D eigenvalue weighted by Crippen LogP contribution is -1.77. The number of hydrogen-bond donors (Lipinski definition) is 1. The van der Waals surface area contributed by atoms with Crippen LogP contribution in [0.15, 0.2) is 54.1 Å². The van der Waals surface area contributed by atoms with E-state index in [1.165, 1.54) is 5.57 Å². The Balaban J connectivity index is -0.000000231. The Hall–Kier alpha value is -0.910. The standard InChI is InChI=1S/C8H14.C7H8O.C2H6.CH5P/c1-4-7-8(5-2)6-3;8-6-7-4-2-1-3-5-7;2*1-2/h4-5,7H,6H2,1-3H3;1-5,8H,6H2;1-2H3;2H2,1H3/b7-4-,8-5-;;;. The molecule has 1 unspecified atom stereocenters. The van der Waals surface area contributed by atoms with E-state index in [1.807, 2.05) is 57.8 Å². The van der Waals surface area contributed by atoms with Crippen molar-refractivity contribution in [1.29, 1.82) is 0 Å². The summed E-state index contributed by atoms with van der Waals surface area (Å²) in [6, 6.07) is 9.52. The molecular weight excluding hydrogens is 263 g/mol. The van der Waals surface area contributed by atoms with Gasteiger partial charge in [-0.3, -0.25) is 0 Å². The van der Waals surface area contributed by atoms with Crippen molar-refractivity contribution in [3.05, 3.63) is 59.7 Å². The third kappa shape index (κ3) is 17.1. The SMILES string of the molecule is C/C=C\C(=C/C)CC.CC.CP.OCc1ccccc1. The molecule has 20 heavy (non-hydrogen) atoms. The maximum Gasteiger partial charge on any atom is 0.0681 e. The van der Waals surface area contributed by atoms with Crippen LogP contribution in [0.4, 0.5) is 0 Å². The highest BCUT2D eigenvalue weighted by molar-refractivity contribution is 7.15. The number of allylic oxidation sites excluding steroid dienone is 4. The van der Waals surface area contributed by atoms with E-state index in [-0.39, 0.29) is 6.61 Å². The number of aliphatic hydroxyl groups excluding tert-OH is 1. The van der Waals surface area contributed by atoms with Gasteiger partial charge in [0, 0.05) is 0 Å². The average Bonchev–Trinajstić information content (AvgIpc) is 2.57. The van der Waals surface area contributed by atoms with Gasteiger partial charge in [-0.2, -0.15) is 0 Å². The lowest BCUT2D eigenvalue weighted by molar-refractivity contribution is 0.282. The minimum Gasteiger partial charge on any atom is -0.392 e. The molecule has 2 heteroatoms. The van der Waals surface area contributed by atoms with Gasteiger partial charge in [0.05, 0.1) is 6.61 Å². The molecule has 0 aliphatic rings. The molecule has 1 N–H and O–H groups in total. The van der Waals surface area contributed by atoms with Gasteiger partial charge in [-0.25, -0.2) is 0 Å². The van der Waals surface area contributed by atoms with Crippen molar-refractivity contribution >= 4 is 9.24 Å². The van der Waals surface area contributed by atoms with E-state index in [0.29, 0.717) is 0 Å². The van der Waals surface area contributed by atoms with E-state index < -0.39 is 0 Å². The summed E-state index contributed by atoms with van der Waals surface area (Å²) in [6.45, 7) is 12.3. The predicted octanol–water partition coefficient (Wildman–Crippen LogP) is 5.62. The summed E-state index contributed by atoms with van der Waals surface area (Å²) in [6.07, 6.45) is 7.49. The van der Waals surface area contributed by atoms with Crippen molar-refractivity contribution in [3.8, 4) is 0 Å². The van der Waals surface area contributed by atoms with Gasteiger partial charge in [-0.05, 0) is 25.8 Å². The van der Waals surface area contributed by atoms with Crippen LogP contribution in [-0.2, 0) is 6.61 Å². The quantitative estimate of drug-likeness (QED) is 0.567. The third-order valence-corrected chi connectivity index (χ3v) is 2.19. The zero-order chi connectivity index (χ0) is 16.2. The molecule has 1 atom stereocenters. The number of aliphatic hydroxyl groups is 1. The molecule has 0 aliphatic heterocycles. The first-order chi connectivity index (χ1) is 9.78. The second kappa shape index (κ2) is 23.2. The van der Waals surface area contributed by atoms with Crippen LogP contribution in [0.3, 0.4) is 0 Å². The molecule has 0 spiro atoms. The second-order valence-corrected chi connectivity index (χ2v) is 3.36. The molecule has 0 heterocycles. The number of rotatable bonds is 3. The molecule has 0 amide bonds. The zero-order valence-corrected chi connectivity index (χ0v) is 15.2. The minimum atomic E-state index is 0.140. The topological polar surface area (TPSA) is 20.2 Å². The van der Waals surface area contributed by atoms with Crippen molar-refractivity contribution in [1.82, 2.24) is 0 Å². The number of hydrogen-bond acceptors (Lipinski definition) is 1. The molecule has 0 saturated heterocycles. The molecule has 0 radical (unpaired) electrons. The molecular formula is C18H33OP. The van der Waals surface area contributed by atoms with Crippen LogP contribution in [0.2, 0.25) is 0 Å². The van der Waals surface area contributed by atoms with E-state index >= 15 is 0 Å². The lowest BCUT2D eigenvalue weighted by Gasteiger charge is -1.90. The van der Waals surface area contributed by atoms with Crippen LogP contribution in [0.1, 0.15) is 46.6 Å². The summed E-state index contributed by atoms with van der Waals surface area (Å²) in [7, 11) is 2.42. The molecule has 1 aromatic carbocycles. The third-order valence-electron chi connectivity index (χ3n) is 2.19. The van der Waals surface area contributed by atoms with Gasteiger partial charge in [-0.1, -0.05) is 81.6 Å². The average molecular weight is 296 g/mol. The summed E-state index contributed by atoms with van der Waals surface area (Å²) in [5.41, 5.74) is 2.38. The maximum atomic E-state index is 8.54. The van der Waals surface area contributed by atoms with Gasteiger partial charge < -0.3 is 5.11 Å². The Morgan fingerprint density at radius 3 is 1.80 bits per heavy atom. The second-order valence-electron chi connectivity index (χ2n) is 3.36. The Morgan fingerprint density at radius 2 is 1.60 bits per heavy atom. The molecule has 116 valence electrons. The van der Waals surface area contributed by atoms with Crippen LogP contribution in [-0.4, -0.2) is 11.8 Å². The molecule has 1 nitrogen and oxygen atoms in total. The highest BCUT2D eigenvalue weighted by Crippen LogP contribution is 2.00. The van der Waals surface area contributed by atoms with Crippen molar-refractivity contribution < 1.29 is 5.11 Å². The van der Waals surface area contributed by atoms with Crippen molar-refractivity contribution in [3.63, 3.8) is 0 Å². The van der Waals surface area contributed by atoms with Gasteiger partial charge in [0.1, 0.15) is 0 Å². The fourth-order valence-electron chi connectivity index (χ4n) is 1.22. The van der Waals surface area contributed by atoms with Gasteiger partial charge in [0.15, 0.2) is 0 Å². The highest BCUT2D eigenvalue weighted by Gasteiger charge is 1.81. The van der Waals surface area contributed by atoms with Crippen LogP contribution < -0.4 is 0 Å². The molecule has 1 rings (SSSR count). The van der Waals surface area contributed by atoms with E-state index in [0.717, 1.165) is 12.0 Å². The van der Waals surface area contributed by atoms with E-state index in [2.05, 4.69) is 41.3 Å². The summed E-state index contributed by atoms with van der Waals surface area (Å²) in [5, 5.41) is 8.54. The molecule has 0 fully saturated rings. The van der Waals surface area contributed by atoms with Gasteiger partial charge >= 0.3 is 0 Å². The molecule has 0 bridgehead atoms. The summed E-state index contributed by atoms with van der Waals surface area (Å²) in [4.78, 5) is 0. The summed E-state index contributed by atoms with van der Waals surface area (Å²) >= 11 is 0. The molecule has 0 aliphatic carbocycles. The maximum absolute atomic E-state index is 8.54. The van der Waals surface area contributed by atoms with E-state index in [1.54, 1.807) is 0 Å². The van der Waals surface area contributed by atoms with Crippen LogP contribution in [0.25, 0.3) is 0 Å². The van der Waals surface area contributed by atoms with Crippen molar-refractivity contribution in [2.45, 2.75) is 47.6 Å². The van der Waals surface area contributed by atoms with Crippen molar-refractivity contribution in [2.75, 3.05) is 6.66 Å². The largest absolute Gasteiger partial charge is 0.392 e. The highest BCUT2D eigenvalue weighted by atomic mass is 31.0.